The van der Waals surface area contributed by atoms with E-state index >= 15 is 0 Å². The molecule has 2 rings (SSSR count). The third kappa shape index (κ3) is 3.73. The predicted octanol–water partition coefficient (Wildman–Crippen LogP) is 4.99. The second-order valence-corrected chi connectivity index (χ2v) is 7.93. The van der Waals surface area contributed by atoms with Crippen LogP contribution < -0.4 is 0 Å². The molecule has 1 N–H and O–H groups in total. The molecular formula is C21H30O4. The molecule has 25 heavy (non-hydrogen) atoms. The topological polar surface area (TPSA) is 63.6 Å². The minimum atomic E-state index is -0.827. The summed E-state index contributed by atoms with van der Waals surface area (Å²) < 4.78 is 5.96. The zero-order valence-corrected chi connectivity index (χ0v) is 15.7. The Kier molecular flexibility index (Phi) is 5.91. The van der Waals surface area contributed by atoms with Gasteiger partial charge in [-0.1, -0.05) is 57.5 Å². The molecule has 0 amide bonds. The van der Waals surface area contributed by atoms with Crippen molar-refractivity contribution in [2.24, 2.45) is 16.7 Å². The van der Waals surface area contributed by atoms with Crippen LogP contribution in [0.25, 0.3) is 0 Å². The highest BCUT2D eigenvalue weighted by Gasteiger charge is 2.59. The molecule has 0 heterocycles. The summed E-state index contributed by atoms with van der Waals surface area (Å²) in [5.41, 5.74) is -0.421. The van der Waals surface area contributed by atoms with Gasteiger partial charge in [-0.3, -0.25) is 9.59 Å². The van der Waals surface area contributed by atoms with Gasteiger partial charge in [-0.15, -0.1) is 0 Å². The van der Waals surface area contributed by atoms with E-state index in [1.165, 1.54) is 0 Å². The first kappa shape index (κ1) is 19.5. The van der Waals surface area contributed by atoms with Gasteiger partial charge in [0.25, 0.3) is 0 Å². The van der Waals surface area contributed by atoms with E-state index in [2.05, 4.69) is 6.92 Å². The molecule has 0 spiro atoms. The summed E-state index contributed by atoms with van der Waals surface area (Å²) in [6.07, 6.45) is 3.58. The second kappa shape index (κ2) is 7.59. The molecule has 0 radical (unpaired) electrons. The van der Waals surface area contributed by atoms with Crippen molar-refractivity contribution in [3.8, 4) is 0 Å². The van der Waals surface area contributed by atoms with Gasteiger partial charge >= 0.3 is 11.9 Å². The lowest BCUT2D eigenvalue weighted by Gasteiger charge is -2.39. The molecule has 0 aromatic heterocycles. The average Bonchev–Trinajstić information content (AvgIpc) is 2.83. The Morgan fingerprint density at radius 2 is 1.88 bits per heavy atom. The average molecular weight is 346 g/mol. The zero-order chi connectivity index (χ0) is 18.7. The third-order valence-corrected chi connectivity index (χ3v) is 6.22. The number of carbonyl (C=O) groups excluding carboxylic acids is 1. The highest BCUT2D eigenvalue weighted by molar-refractivity contribution is 5.81. The minimum absolute atomic E-state index is 0.272. The standard InChI is InChI=1S/C21H30O4/c1-5-6-12-17(15-10-8-7-9-11-15)25-19(24)21(4)14-13-16(18(22)23)20(21,2)3/h7-11,16-17H,5-6,12-14H2,1-4H3,(H,22,23). The summed E-state index contributed by atoms with van der Waals surface area (Å²) in [6, 6.07) is 9.81. The highest BCUT2D eigenvalue weighted by atomic mass is 16.5. The van der Waals surface area contributed by atoms with Crippen LogP contribution in [0.15, 0.2) is 30.3 Å². The summed E-state index contributed by atoms with van der Waals surface area (Å²) in [5.74, 6) is -1.62. The van der Waals surface area contributed by atoms with Gasteiger partial charge in [0.05, 0.1) is 11.3 Å². The summed E-state index contributed by atoms with van der Waals surface area (Å²) in [6.45, 7) is 7.73. The van der Waals surface area contributed by atoms with Crippen LogP contribution in [0.5, 0.6) is 0 Å². The molecule has 4 heteroatoms. The molecule has 1 fully saturated rings. The maximum Gasteiger partial charge on any atom is 0.312 e. The Morgan fingerprint density at radius 3 is 2.40 bits per heavy atom. The molecular weight excluding hydrogens is 316 g/mol. The number of carboxylic acid groups (broad SMARTS) is 1. The molecule has 0 bridgehead atoms. The van der Waals surface area contributed by atoms with Crippen LogP contribution in [0, 0.1) is 16.7 Å². The van der Waals surface area contributed by atoms with Crippen molar-refractivity contribution in [3.63, 3.8) is 0 Å². The predicted molar refractivity (Wildman–Crippen MR) is 97.0 cm³/mol. The molecule has 3 atom stereocenters. The number of hydrogen-bond donors (Lipinski definition) is 1. The molecule has 1 saturated carbocycles. The molecule has 3 unspecified atom stereocenters. The first-order chi connectivity index (χ1) is 11.7. The lowest BCUT2D eigenvalue weighted by atomic mass is 9.65. The van der Waals surface area contributed by atoms with Crippen molar-refractivity contribution in [3.05, 3.63) is 35.9 Å². The van der Waals surface area contributed by atoms with Crippen molar-refractivity contribution >= 4 is 11.9 Å². The maximum absolute atomic E-state index is 13.1. The monoisotopic (exact) mass is 346 g/mol. The Bertz CT molecular complexity index is 608. The lowest BCUT2D eigenvalue weighted by molar-refractivity contribution is -0.169. The number of aliphatic carboxylic acids is 1. The Hall–Kier alpha value is -1.84. The smallest absolute Gasteiger partial charge is 0.312 e. The SMILES string of the molecule is CCCCC(OC(=O)C1(C)CCC(C(=O)O)C1(C)C)c1ccccc1. The van der Waals surface area contributed by atoms with E-state index in [9.17, 15) is 14.7 Å². The van der Waals surface area contributed by atoms with Crippen LogP contribution in [0.3, 0.4) is 0 Å². The van der Waals surface area contributed by atoms with E-state index < -0.39 is 22.7 Å². The minimum Gasteiger partial charge on any atom is -0.481 e. The molecule has 1 aromatic rings. The summed E-state index contributed by atoms with van der Waals surface area (Å²) in [5, 5.41) is 9.49. The van der Waals surface area contributed by atoms with Gasteiger partial charge in [-0.2, -0.15) is 0 Å². The van der Waals surface area contributed by atoms with Gasteiger partial charge in [0.2, 0.25) is 0 Å². The van der Waals surface area contributed by atoms with Crippen molar-refractivity contribution in [2.75, 3.05) is 0 Å². The van der Waals surface area contributed by atoms with E-state index in [0.717, 1.165) is 24.8 Å². The number of carboxylic acids is 1. The van der Waals surface area contributed by atoms with Crippen LogP contribution in [-0.4, -0.2) is 17.0 Å². The molecule has 1 aromatic carbocycles. The Morgan fingerprint density at radius 1 is 1.24 bits per heavy atom. The second-order valence-electron chi connectivity index (χ2n) is 7.93. The quantitative estimate of drug-likeness (QED) is 0.707. The highest BCUT2D eigenvalue weighted by Crippen LogP contribution is 2.57. The Balaban J connectivity index is 2.21. The van der Waals surface area contributed by atoms with Gasteiger partial charge in [0.15, 0.2) is 0 Å². The number of ether oxygens (including phenoxy) is 1. The van der Waals surface area contributed by atoms with Crippen molar-refractivity contribution in [2.45, 2.75) is 65.9 Å². The number of esters is 1. The van der Waals surface area contributed by atoms with Crippen molar-refractivity contribution in [1.29, 1.82) is 0 Å². The fraction of sp³-hybridized carbons (Fsp3) is 0.619. The molecule has 138 valence electrons. The number of hydrogen-bond acceptors (Lipinski definition) is 3. The first-order valence-corrected chi connectivity index (χ1v) is 9.23. The van der Waals surface area contributed by atoms with Crippen molar-refractivity contribution in [1.82, 2.24) is 0 Å². The van der Waals surface area contributed by atoms with E-state index in [4.69, 9.17) is 4.74 Å². The summed E-state index contributed by atoms with van der Waals surface area (Å²) in [4.78, 5) is 24.6. The number of unbranched alkanes of at least 4 members (excludes halogenated alkanes) is 1. The fourth-order valence-corrected chi connectivity index (χ4v) is 3.91. The number of benzene rings is 1. The van der Waals surface area contributed by atoms with Crippen LogP contribution in [0.2, 0.25) is 0 Å². The molecule has 1 aliphatic rings. The van der Waals surface area contributed by atoms with E-state index in [1.54, 1.807) is 0 Å². The number of rotatable bonds is 7. The third-order valence-electron chi connectivity index (χ3n) is 6.22. The van der Waals surface area contributed by atoms with Gasteiger partial charge in [0, 0.05) is 0 Å². The van der Waals surface area contributed by atoms with Gasteiger partial charge in [-0.25, -0.2) is 0 Å². The summed E-state index contributed by atoms with van der Waals surface area (Å²) >= 11 is 0. The Labute approximate surface area is 150 Å². The van der Waals surface area contributed by atoms with Gasteiger partial charge in [-0.05, 0) is 43.6 Å². The van der Waals surface area contributed by atoms with Crippen LogP contribution >= 0.6 is 0 Å². The molecule has 0 aliphatic heterocycles. The molecule has 1 aliphatic carbocycles. The molecule has 0 saturated heterocycles. The number of carbonyl (C=O) groups is 2. The maximum atomic E-state index is 13.1. The van der Waals surface area contributed by atoms with E-state index in [-0.39, 0.29) is 12.1 Å². The fourth-order valence-electron chi connectivity index (χ4n) is 3.91. The lowest BCUT2D eigenvalue weighted by Crippen LogP contribution is -2.44. The van der Waals surface area contributed by atoms with Crippen LogP contribution in [-0.2, 0) is 14.3 Å². The van der Waals surface area contributed by atoms with Gasteiger partial charge < -0.3 is 9.84 Å². The van der Waals surface area contributed by atoms with E-state index in [0.29, 0.717) is 12.8 Å². The van der Waals surface area contributed by atoms with Crippen molar-refractivity contribution < 1.29 is 19.4 Å². The largest absolute Gasteiger partial charge is 0.481 e. The van der Waals surface area contributed by atoms with Crippen LogP contribution in [0.1, 0.15) is 71.5 Å². The summed E-state index contributed by atoms with van der Waals surface area (Å²) in [7, 11) is 0. The molecule has 4 nitrogen and oxygen atoms in total. The van der Waals surface area contributed by atoms with E-state index in [1.807, 2.05) is 51.1 Å². The van der Waals surface area contributed by atoms with Crippen LogP contribution in [0.4, 0.5) is 0 Å². The zero-order valence-electron chi connectivity index (χ0n) is 15.7. The normalized spacial score (nSPS) is 26.2. The first-order valence-electron chi connectivity index (χ1n) is 9.23. The van der Waals surface area contributed by atoms with Gasteiger partial charge in [0.1, 0.15) is 6.10 Å².